The number of nitrogens with zero attached hydrogens (tertiary/aromatic N) is 1. The van der Waals surface area contributed by atoms with E-state index >= 15 is 0 Å². The first-order chi connectivity index (χ1) is 10.1. The Morgan fingerprint density at radius 3 is 2.90 bits per heavy atom. The standard InChI is InChI=1S/C16H20N2O2S/c1-2-3-10-20-13-4-5-14-12(11-13)6-8-18(16(14)19)9-7-15(17)21/h4-6,8,11H,2-3,7,9-10H2,1H3,(H2,17,21). The molecule has 112 valence electrons. The van der Waals surface area contributed by atoms with Gasteiger partial charge >= 0.3 is 0 Å². The van der Waals surface area contributed by atoms with Gasteiger partial charge in [0.1, 0.15) is 5.75 Å². The number of aromatic nitrogens is 1. The fourth-order valence-corrected chi connectivity index (χ4v) is 2.19. The highest BCUT2D eigenvalue weighted by Crippen LogP contribution is 2.18. The fourth-order valence-electron chi connectivity index (χ4n) is 2.10. The molecule has 0 atom stereocenters. The lowest BCUT2D eigenvalue weighted by molar-refractivity contribution is 0.310. The van der Waals surface area contributed by atoms with Crippen molar-refractivity contribution in [2.45, 2.75) is 32.7 Å². The van der Waals surface area contributed by atoms with Crippen molar-refractivity contribution in [3.8, 4) is 5.75 Å². The van der Waals surface area contributed by atoms with Crippen molar-refractivity contribution in [2.75, 3.05) is 6.61 Å². The quantitative estimate of drug-likeness (QED) is 0.631. The van der Waals surface area contributed by atoms with Gasteiger partial charge in [-0.1, -0.05) is 25.6 Å². The van der Waals surface area contributed by atoms with Gasteiger partial charge in [0.2, 0.25) is 0 Å². The van der Waals surface area contributed by atoms with Crippen LogP contribution in [0.15, 0.2) is 35.3 Å². The number of hydrogen-bond acceptors (Lipinski definition) is 3. The van der Waals surface area contributed by atoms with Crippen LogP contribution in [0.2, 0.25) is 0 Å². The summed E-state index contributed by atoms with van der Waals surface area (Å²) in [5.41, 5.74) is 5.46. The van der Waals surface area contributed by atoms with Crippen LogP contribution >= 0.6 is 12.2 Å². The second kappa shape index (κ2) is 7.22. The van der Waals surface area contributed by atoms with Crippen LogP contribution in [0.3, 0.4) is 0 Å². The molecule has 2 rings (SSSR count). The molecule has 0 bridgehead atoms. The fraction of sp³-hybridized carbons (Fsp3) is 0.375. The Morgan fingerprint density at radius 1 is 1.38 bits per heavy atom. The third kappa shape index (κ3) is 4.04. The van der Waals surface area contributed by atoms with E-state index in [0.29, 0.717) is 29.9 Å². The molecule has 0 aliphatic rings. The van der Waals surface area contributed by atoms with Gasteiger partial charge in [0.05, 0.1) is 11.6 Å². The Balaban J connectivity index is 2.24. The van der Waals surface area contributed by atoms with Gasteiger partial charge in [-0.25, -0.2) is 0 Å². The third-order valence-corrected chi connectivity index (χ3v) is 3.52. The van der Waals surface area contributed by atoms with Crippen molar-refractivity contribution in [3.05, 3.63) is 40.8 Å². The third-order valence-electron chi connectivity index (χ3n) is 3.31. The first-order valence-electron chi connectivity index (χ1n) is 7.16. The van der Waals surface area contributed by atoms with Crippen LogP contribution in [0.1, 0.15) is 26.2 Å². The first kappa shape index (κ1) is 15.5. The number of thiocarbonyl (C=S) groups is 1. The highest BCUT2D eigenvalue weighted by molar-refractivity contribution is 7.80. The molecule has 0 saturated heterocycles. The molecule has 0 spiro atoms. The highest BCUT2D eigenvalue weighted by atomic mass is 32.1. The molecular weight excluding hydrogens is 284 g/mol. The number of ether oxygens (including phenoxy) is 1. The van der Waals surface area contributed by atoms with Gasteiger partial charge in [0.15, 0.2) is 0 Å². The SMILES string of the molecule is CCCCOc1ccc2c(=O)n(CCC(N)=S)ccc2c1. The zero-order chi connectivity index (χ0) is 15.2. The molecular formula is C16H20N2O2S. The predicted molar refractivity (Wildman–Crippen MR) is 90.0 cm³/mol. The van der Waals surface area contributed by atoms with E-state index in [1.165, 1.54) is 0 Å². The maximum atomic E-state index is 12.4. The topological polar surface area (TPSA) is 57.2 Å². The van der Waals surface area contributed by atoms with Gasteiger partial charge < -0.3 is 15.0 Å². The van der Waals surface area contributed by atoms with Crippen molar-refractivity contribution < 1.29 is 4.74 Å². The van der Waals surface area contributed by atoms with Crippen molar-refractivity contribution >= 4 is 28.0 Å². The van der Waals surface area contributed by atoms with Crippen LogP contribution in [0.4, 0.5) is 0 Å². The molecule has 0 aliphatic heterocycles. The normalized spacial score (nSPS) is 10.7. The monoisotopic (exact) mass is 304 g/mol. The molecule has 0 saturated carbocycles. The van der Waals surface area contributed by atoms with Crippen LogP contribution in [0, 0.1) is 0 Å². The van der Waals surface area contributed by atoms with Crippen LogP contribution in [0.5, 0.6) is 5.75 Å². The number of nitrogens with two attached hydrogens (primary N) is 1. The van der Waals surface area contributed by atoms with Crippen LogP contribution < -0.4 is 16.0 Å². The summed E-state index contributed by atoms with van der Waals surface area (Å²) in [6, 6.07) is 7.49. The van der Waals surface area contributed by atoms with Gasteiger partial charge in [0, 0.05) is 24.5 Å². The summed E-state index contributed by atoms with van der Waals surface area (Å²) in [6.07, 6.45) is 4.43. The highest BCUT2D eigenvalue weighted by Gasteiger charge is 2.05. The van der Waals surface area contributed by atoms with Gasteiger partial charge in [-0.15, -0.1) is 0 Å². The van der Waals surface area contributed by atoms with Crippen molar-refractivity contribution in [1.82, 2.24) is 4.57 Å². The summed E-state index contributed by atoms with van der Waals surface area (Å²) < 4.78 is 7.30. The molecule has 1 heterocycles. The lowest BCUT2D eigenvalue weighted by atomic mass is 10.1. The lowest BCUT2D eigenvalue weighted by Gasteiger charge is -2.09. The number of unbranched alkanes of at least 4 members (excludes halogenated alkanes) is 1. The molecule has 1 aromatic carbocycles. The smallest absolute Gasteiger partial charge is 0.258 e. The largest absolute Gasteiger partial charge is 0.494 e. The van der Waals surface area contributed by atoms with E-state index in [1.54, 1.807) is 10.8 Å². The first-order valence-corrected chi connectivity index (χ1v) is 7.57. The van der Waals surface area contributed by atoms with E-state index in [0.717, 1.165) is 24.0 Å². The zero-order valence-electron chi connectivity index (χ0n) is 12.2. The van der Waals surface area contributed by atoms with E-state index < -0.39 is 0 Å². The Morgan fingerprint density at radius 2 is 2.19 bits per heavy atom. The average molecular weight is 304 g/mol. The second-order valence-corrected chi connectivity index (χ2v) is 5.51. The minimum absolute atomic E-state index is 0.0242. The van der Waals surface area contributed by atoms with E-state index in [-0.39, 0.29) is 5.56 Å². The van der Waals surface area contributed by atoms with Crippen molar-refractivity contribution in [3.63, 3.8) is 0 Å². The van der Waals surface area contributed by atoms with E-state index in [4.69, 9.17) is 22.7 Å². The number of pyridine rings is 1. The van der Waals surface area contributed by atoms with E-state index in [1.807, 2.05) is 24.3 Å². The van der Waals surface area contributed by atoms with Gasteiger partial charge in [-0.2, -0.15) is 0 Å². The lowest BCUT2D eigenvalue weighted by Crippen LogP contribution is -2.22. The van der Waals surface area contributed by atoms with Gasteiger partial charge in [0.25, 0.3) is 5.56 Å². The molecule has 0 aliphatic carbocycles. The van der Waals surface area contributed by atoms with Crippen molar-refractivity contribution in [2.24, 2.45) is 5.73 Å². The van der Waals surface area contributed by atoms with Crippen LogP contribution in [-0.4, -0.2) is 16.2 Å². The molecule has 21 heavy (non-hydrogen) atoms. The summed E-state index contributed by atoms with van der Waals surface area (Å²) in [5.74, 6) is 0.802. The molecule has 2 N–H and O–H groups in total. The minimum atomic E-state index is -0.0242. The molecule has 2 aromatic rings. The van der Waals surface area contributed by atoms with Gasteiger partial charge in [-0.05, 0) is 36.1 Å². The summed E-state index contributed by atoms with van der Waals surface area (Å²) in [5, 5.41) is 1.57. The number of aryl methyl sites for hydroxylation is 1. The molecule has 0 amide bonds. The summed E-state index contributed by atoms with van der Waals surface area (Å²) in [7, 11) is 0. The number of hydrogen-bond donors (Lipinski definition) is 1. The van der Waals surface area contributed by atoms with Crippen molar-refractivity contribution in [1.29, 1.82) is 0 Å². The minimum Gasteiger partial charge on any atom is -0.494 e. The maximum absolute atomic E-state index is 12.4. The summed E-state index contributed by atoms with van der Waals surface area (Å²) in [6.45, 7) is 3.34. The van der Waals surface area contributed by atoms with E-state index in [2.05, 4.69) is 6.92 Å². The number of benzene rings is 1. The van der Waals surface area contributed by atoms with Gasteiger partial charge in [-0.3, -0.25) is 4.79 Å². The van der Waals surface area contributed by atoms with Crippen LogP contribution in [-0.2, 0) is 6.54 Å². The molecule has 0 radical (unpaired) electrons. The van der Waals surface area contributed by atoms with E-state index in [9.17, 15) is 4.79 Å². The zero-order valence-corrected chi connectivity index (χ0v) is 13.0. The average Bonchev–Trinajstić information content (AvgIpc) is 2.46. The Kier molecular flexibility index (Phi) is 5.33. The van der Waals surface area contributed by atoms with Crippen LogP contribution in [0.25, 0.3) is 10.8 Å². The molecule has 1 aromatic heterocycles. The Labute approximate surface area is 129 Å². The molecule has 5 heteroatoms. The molecule has 4 nitrogen and oxygen atoms in total. The Hall–Kier alpha value is -1.88. The number of fused-ring (bicyclic) bond motifs is 1. The summed E-state index contributed by atoms with van der Waals surface area (Å²) >= 11 is 4.85. The second-order valence-electron chi connectivity index (χ2n) is 4.98. The Bertz CT molecular complexity index is 694. The maximum Gasteiger partial charge on any atom is 0.258 e. The molecule has 0 unspecified atom stereocenters. The summed E-state index contributed by atoms with van der Waals surface area (Å²) in [4.78, 5) is 12.8. The predicted octanol–water partition coefficient (Wildman–Crippen LogP) is 2.86. The molecule has 0 fully saturated rings. The number of rotatable bonds is 7.